The van der Waals surface area contributed by atoms with E-state index in [1.54, 1.807) is 12.3 Å². The lowest BCUT2D eigenvalue weighted by Crippen LogP contribution is -2.34. The summed E-state index contributed by atoms with van der Waals surface area (Å²) in [5.74, 6) is 0. The molecular weight excluding hydrogens is 264 g/mol. The van der Waals surface area contributed by atoms with Crippen LogP contribution < -0.4 is 10.6 Å². The lowest BCUT2D eigenvalue weighted by molar-refractivity contribution is 0.432. The zero-order valence-electron chi connectivity index (χ0n) is 11.1. The van der Waals surface area contributed by atoms with Crippen molar-refractivity contribution in [2.45, 2.75) is 18.2 Å². The number of sulfonamides is 1. The van der Waals surface area contributed by atoms with E-state index in [0.29, 0.717) is 19.6 Å². The highest BCUT2D eigenvalue weighted by molar-refractivity contribution is 7.89. The normalized spacial score (nSPS) is 17.9. The van der Waals surface area contributed by atoms with Crippen LogP contribution in [0, 0.1) is 0 Å². The summed E-state index contributed by atoms with van der Waals surface area (Å²) in [6, 6.07) is 1.64. The predicted molar refractivity (Wildman–Crippen MR) is 74.6 cm³/mol. The SMILES string of the molecule is CCNc1cncc(S(=O)(=O)N2CCCNCC2)c1. The van der Waals surface area contributed by atoms with Gasteiger partial charge in [0, 0.05) is 32.4 Å². The average Bonchev–Trinajstić information content (AvgIpc) is 2.69. The Balaban J connectivity index is 2.24. The fourth-order valence-corrected chi connectivity index (χ4v) is 3.54. The largest absolute Gasteiger partial charge is 0.384 e. The fourth-order valence-electron chi connectivity index (χ4n) is 2.07. The van der Waals surface area contributed by atoms with Crippen LogP contribution >= 0.6 is 0 Å². The number of nitrogens with zero attached hydrogens (tertiary/aromatic N) is 2. The molecule has 1 fully saturated rings. The van der Waals surface area contributed by atoms with E-state index in [4.69, 9.17) is 0 Å². The Morgan fingerprint density at radius 2 is 2.21 bits per heavy atom. The third-order valence-corrected chi connectivity index (χ3v) is 4.89. The number of aromatic nitrogens is 1. The Morgan fingerprint density at radius 3 is 3.00 bits per heavy atom. The maximum Gasteiger partial charge on any atom is 0.244 e. The molecule has 0 radical (unpaired) electrons. The summed E-state index contributed by atoms with van der Waals surface area (Å²) in [5.41, 5.74) is 0.733. The predicted octanol–water partition coefficient (Wildman–Crippen LogP) is 0.497. The first kappa shape index (κ1) is 14.2. The maximum atomic E-state index is 12.5. The van der Waals surface area contributed by atoms with Crippen LogP contribution in [0.4, 0.5) is 5.69 Å². The monoisotopic (exact) mass is 284 g/mol. The van der Waals surface area contributed by atoms with E-state index in [0.717, 1.165) is 25.2 Å². The molecule has 0 aliphatic carbocycles. The first-order chi connectivity index (χ1) is 9.14. The zero-order chi connectivity index (χ0) is 13.7. The topological polar surface area (TPSA) is 74.3 Å². The van der Waals surface area contributed by atoms with Gasteiger partial charge in [0.1, 0.15) is 4.90 Å². The quantitative estimate of drug-likeness (QED) is 0.842. The molecule has 0 spiro atoms. The van der Waals surface area contributed by atoms with Gasteiger partial charge in [-0.1, -0.05) is 0 Å². The number of hydrogen-bond acceptors (Lipinski definition) is 5. The second-order valence-corrected chi connectivity index (χ2v) is 6.39. The molecule has 106 valence electrons. The summed E-state index contributed by atoms with van der Waals surface area (Å²) in [4.78, 5) is 4.26. The maximum absolute atomic E-state index is 12.5. The number of pyridine rings is 1. The molecule has 0 aromatic carbocycles. The Bertz CT molecular complexity index is 510. The van der Waals surface area contributed by atoms with Gasteiger partial charge in [-0.25, -0.2) is 8.42 Å². The van der Waals surface area contributed by atoms with Crippen LogP contribution in [-0.2, 0) is 10.0 Å². The van der Waals surface area contributed by atoms with Gasteiger partial charge in [-0.05, 0) is 26.0 Å². The minimum Gasteiger partial charge on any atom is -0.384 e. The summed E-state index contributed by atoms with van der Waals surface area (Å²) in [6.07, 6.45) is 3.88. The van der Waals surface area contributed by atoms with Crippen molar-refractivity contribution in [3.8, 4) is 0 Å². The Morgan fingerprint density at radius 1 is 1.37 bits per heavy atom. The summed E-state index contributed by atoms with van der Waals surface area (Å²) in [7, 11) is -3.44. The van der Waals surface area contributed by atoms with E-state index in [1.807, 2.05) is 6.92 Å². The number of nitrogens with one attached hydrogen (secondary N) is 2. The third-order valence-electron chi connectivity index (χ3n) is 3.03. The van der Waals surface area contributed by atoms with Crippen molar-refractivity contribution in [3.05, 3.63) is 18.5 Å². The van der Waals surface area contributed by atoms with Gasteiger partial charge in [0.2, 0.25) is 10.0 Å². The Kier molecular flexibility index (Phi) is 4.73. The van der Waals surface area contributed by atoms with Crippen molar-refractivity contribution in [2.75, 3.05) is 38.0 Å². The molecule has 1 saturated heterocycles. The summed E-state index contributed by atoms with van der Waals surface area (Å²) < 4.78 is 26.6. The van der Waals surface area contributed by atoms with Crippen molar-refractivity contribution in [3.63, 3.8) is 0 Å². The van der Waals surface area contributed by atoms with Gasteiger partial charge in [0.15, 0.2) is 0 Å². The minimum absolute atomic E-state index is 0.257. The van der Waals surface area contributed by atoms with Crippen LogP contribution in [0.2, 0.25) is 0 Å². The van der Waals surface area contributed by atoms with E-state index in [1.165, 1.54) is 10.5 Å². The third kappa shape index (κ3) is 3.43. The highest BCUT2D eigenvalue weighted by Gasteiger charge is 2.25. The highest BCUT2D eigenvalue weighted by Crippen LogP contribution is 2.18. The Labute approximate surface area is 114 Å². The summed E-state index contributed by atoms with van der Waals surface area (Å²) in [5, 5.41) is 6.28. The van der Waals surface area contributed by atoms with Gasteiger partial charge in [0.25, 0.3) is 0 Å². The van der Waals surface area contributed by atoms with Crippen molar-refractivity contribution in [1.29, 1.82) is 0 Å². The molecule has 1 aliphatic rings. The van der Waals surface area contributed by atoms with Crippen molar-refractivity contribution in [1.82, 2.24) is 14.6 Å². The van der Waals surface area contributed by atoms with Gasteiger partial charge in [-0.3, -0.25) is 4.98 Å². The molecule has 2 heterocycles. The number of hydrogen-bond donors (Lipinski definition) is 2. The van der Waals surface area contributed by atoms with Gasteiger partial charge >= 0.3 is 0 Å². The second kappa shape index (κ2) is 6.31. The molecule has 1 aliphatic heterocycles. The van der Waals surface area contributed by atoms with E-state index in [2.05, 4.69) is 15.6 Å². The molecule has 7 heteroatoms. The van der Waals surface area contributed by atoms with E-state index in [-0.39, 0.29) is 4.90 Å². The van der Waals surface area contributed by atoms with Gasteiger partial charge in [-0.15, -0.1) is 0 Å². The lowest BCUT2D eigenvalue weighted by Gasteiger charge is -2.19. The minimum atomic E-state index is -3.44. The van der Waals surface area contributed by atoms with Gasteiger partial charge in [0.05, 0.1) is 11.9 Å². The van der Waals surface area contributed by atoms with Crippen LogP contribution in [0.5, 0.6) is 0 Å². The first-order valence-electron chi connectivity index (χ1n) is 6.54. The van der Waals surface area contributed by atoms with Gasteiger partial charge < -0.3 is 10.6 Å². The fraction of sp³-hybridized carbons (Fsp3) is 0.583. The molecule has 0 amide bonds. The molecule has 0 saturated carbocycles. The smallest absolute Gasteiger partial charge is 0.244 e. The number of rotatable bonds is 4. The van der Waals surface area contributed by atoms with Crippen molar-refractivity contribution in [2.24, 2.45) is 0 Å². The van der Waals surface area contributed by atoms with Crippen molar-refractivity contribution < 1.29 is 8.42 Å². The molecular formula is C12H20N4O2S. The van der Waals surface area contributed by atoms with Crippen LogP contribution in [-0.4, -0.2) is 50.4 Å². The summed E-state index contributed by atoms with van der Waals surface area (Å²) >= 11 is 0. The molecule has 2 rings (SSSR count). The average molecular weight is 284 g/mol. The van der Waals surface area contributed by atoms with Crippen LogP contribution in [0.1, 0.15) is 13.3 Å². The first-order valence-corrected chi connectivity index (χ1v) is 7.98. The second-order valence-electron chi connectivity index (χ2n) is 4.45. The molecule has 2 N–H and O–H groups in total. The summed E-state index contributed by atoms with van der Waals surface area (Å²) in [6.45, 7) is 5.32. The van der Waals surface area contributed by atoms with E-state index in [9.17, 15) is 8.42 Å². The van der Waals surface area contributed by atoms with E-state index < -0.39 is 10.0 Å². The van der Waals surface area contributed by atoms with Crippen molar-refractivity contribution >= 4 is 15.7 Å². The molecule has 0 bridgehead atoms. The van der Waals surface area contributed by atoms with E-state index >= 15 is 0 Å². The lowest BCUT2D eigenvalue weighted by atomic mass is 10.4. The van der Waals surface area contributed by atoms with Crippen LogP contribution in [0.3, 0.4) is 0 Å². The zero-order valence-corrected chi connectivity index (χ0v) is 11.9. The molecule has 6 nitrogen and oxygen atoms in total. The molecule has 1 aromatic rings. The van der Waals surface area contributed by atoms with Gasteiger partial charge in [-0.2, -0.15) is 4.31 Å². The molecule has 0 unspecified atom stereocenters. The molecule has 19 heavy (non-hydrogen) atoms. The standard InChI is InChI=1S/C12H20N4O2S/c1-2-15-11-8-12(10-14-9-11)19(17,18)16-6-3-4-13-5-7-16/h8-10,13,15H,2-7H2,1H3. The van der Waals surface area contributed by atoms with Crippen LogP contribution in [0.15, 0.2) is 23.4 Å². The highest BCUT2D eigenvalue weighted by atomic mass is 32.2. The Hall–Kier alpha value is -1.18. The van der Waals surface area contributed by atoms with Crippen LogP contribution in [0.25, 0.3) is 0 Å². The molecule has 1 aromatic heterocycles. The molecule has 0 atom stereocenters. The number of anilines is 1.